The number of ether oxygens (including phenoxy) is 1. The maximum atomic E-state index is 10.2. The first-order valence-electron chi connectivity index (χ1n) is 8.94. The van der Waals surface area contributed by atoms with Crippen LogP contribution in [0.1, 0.15) is 18.5 Å². The summed E-state index contributed by atoms with van der Waals surface area (Å²) in [7, 11) is 0. The average Bonchev–Trinajstić information content (AvgIpc) is 2.68. The normalized spacial score (nSPS) is 18.6. The van der Waals surface area contributed by atoms with Gasteiger partial charge in [0, 0.05) is 51.2 Å². The van der Waals surface area contributed by atoms with Gasteiger partial charge < -0.3 is 9.84 Å². The zero-order chi connectivity index (χ0) is 17.5. The first kappa shape index (κ1) is 17.9. The Labute approximate surface area is 149 Å². The molecule has 0 bridgehead atoms. The molecule has 5 nitrogen and oxygen atoms in total. The Morgan fingerprint density at radius 1 is 1.08 bits per heavy atom. The van der Waals surface area contributed by atoms with Crippen molar-refractivity contribution in [2.75, 3.05) is 39.3 Å². The van der Waals surface area contributed by atoms with Crippen LogP contribution in [0.25, 0.3) is 0 Å². The van der Waals surface area contributed by atoms with E-state index in [0.717, 1.165) is 31.9 Å². The molecule has 1 aromatic heterocycles. The Kier molecular flexibility index (Phi) is 6.39. The second-order valence-electron chi connectivity index (χ2n) is 6.58. The molecule has 2 heterocycles. The molecular weight excluding hydrogens is 314 g/mol. The average molecular weight is 341 g/mol. The molecule has 2 atom stereocenters. The number of benzene rings is 1. The van der Waals surface area contributed by atoms with Gasteiger partial charge in [0.05, 0.1) is 0 Å². The minimum atomic E-state index is -0.470. The monoisotopic (exact) mass is 341 g/mol. The van der Waals surface area contributed by atoms with Crippen molar-refractivity contribution >= 4 is 0 Å². The molecule has 0 spiro atoms. The highest BCUT2D eigenvalue weighted by molar-refractivity contribution is 5.20. The molecule has 1 N–H and O–H groups in total. The van der Waals surface area contributed by atoms with Crippen LogP contribution in [0.2, 0.25) is 0 Å². The maximum absolute atomic E-state index is 10.2. The molecule has 1 fully saturated rings. The van der Waals surface area contributed by atoms with Crippen LogP contribution in [0, 0.1) is 0 Å². The summed E-state index contributed by atoms with van der Waals surface area (Å²) < 4.78 is 5.63. The lowest BCUT2D eigenvalue weighted by Crippen LogP contribution is -2.49. The van der Waals surface area contributed by atoms with Crippen molar-refractivity contribution in [3.63, 3.8) is 0 Å². The van der Waals surface area contributed by atoms with Crippen LogP contribution in [0.15, 0.2) is 54.9 Å². The van der Waals surface area contributed by atoms with Gasteiger partial charge >= 0.3 is 0 Å². The molecule has 3 rings (SSSR count). The van der Waals surface area contributed by atoms with Crippen molar-refractivity contribution in [3.05, 3.63) is 60.4 Å². The Balaban J connectivity index is 1.40. The fourth-order valence-corrected chi connectivity index (χ4v) is 3.23. The molecule has 0 amide bonds. The lowest BCUT2D eigenvalue weighted by atomic mass is 10.1. The van der Waals surface area contributed by atoms with Gasteiger partial charge in [-0.25, -0.2) is 0 Å². The van der Waals surface area contributed by atoms with E-state index in [2.05, 4.69) is 27.8 Å². The molecule has 0 radical (unpaired) electrons. The molecule has 5 heteroatoms. The number of para-hydroxylation sites is 1. The van der Waals surface area contributed by atoms with E-state index >= 15 is 0 Å². The van der Waals surface area contributed by atoms with Crippen molar-refractivity contribution in [1.82, 2.24) is 14.8 Å². The van der Waals surface area contributed by atoms with E-state index in [4.69, 9.17) is 4.74 Å². The van der Waals surface area contributed by atoms with Crippen LogP contribution in [-0.2, 0) is 0 Å². The fourth-order valence-electron chi connectivity index (χ4n) is 3.23. The highest BCUT2D eigenvalue weighted by Crippen LogP contribution is 2.20. The number of β-amino-alcohol motifs (C(OH)–C–C–N with tert-alkyl or cyclic N) is 1. The predicted octanol–water partition coefficient (Wildman–Crippen LogP) is 2.20. The Morgan fingerprint density at radius 2 is 1.84 bits per heavy atom. The minimum absolute atomic E-state index is 0.330. The van der Waals surface area contributed by atoms with Gasteiger partial charge in [0.15, 0.2) is 0 Å². The number of aliphatic hydroxyl groups excluding tert-OH is 1. The summed E-state index contributed by atoms with van der Waals surface area (Å²) in [5.41, 5.74) is 1.26. The first-order valence-corrected chi connectivity index (χ1v) is 8.94. The fraction of sp³-hybridized carbons (Fsp3) is 0.450. The van der Waals surface area contributed by atoms with E-state index in [-0.39, 0.29) is 0 Å². The van der Waals surface area contributed by atoms with Crippen molar-refractivity contribution < 1.29 is 9.84 Å². The molecule has 0 aliphatic carbocycles. The van der Waals surface area contributed by atoms with Gasteiger partial charge in [-0.15, -0.1) is 0 Å². The number of pyridine rings is 1. The summed E-state index contributed by atoms with van der Waals surface area (Å²) >= 11 is 0. The zero-order valence-corrected chi connectivity index (χ0v) is 14.8. The van der Waals surface area contributed by atoms with E-state index in [1.807, 2.05) is 48.8 Å². The van der Waals surface area contributed by atoms with Crippen LogP contribution >= 0.6 is 0 Å². The van der Waals surface area contributed by atoms with Gasteiger partial charge in [0.2, 0.25) is 0 Å². The van der Waals surface area contributed by atoms with E-state index in [0.29, 0.717) is 19.2 Å². The van der Waals surface area contributed by atoms with Crippen molar-refractivity contribution in [1.29, 1.82) is 0 Å². The second-order valence-corrected chi connectivity index (χ2v) is 6.58. The number of aliphatic hydroxyl groups is 1. The van der Waals surface area contributed by atoms with Gasteiger partial charge in [-0.2, -0.15) is 0 Å². The van der Waals surface area contributed by atoms with Gasteiger partial charge in [0.1, 0.15) is 18.5 Å². The van der Waals surface area contributed by atoms with Gasteiger partial charge in [0.25, 0.3) is 0 Å². The topological polar surface area (TPSA) is 48.8 Å². The summed E-state index contributed by atoms with van der Waals surface area (Å²) in [6.45, 7) is 7.15. The summed E-state index contributed by atoms with van der Waals surface area (Å²) in [5, 5.41) is 10.2. The Hall–Kier alpha value is -1.95. The molecule has 25 heavy (non-hydrogen) atoms. The molecule has 2 unspecified atom stereocenters. The second kappa shape index (κ2) is 8.94. The first-order chi connectivity index (χ1) is 12.2. The standard InChI is InChI=1S/C20H27N3O2/c1-17(18-6-5-9-21-14-18)23-12-10-22(11-13-23)15-19(24)16-25-20-7-3-2-4-8-20/h2-9,14,17,19,24H,10-13,15-16H2,1H3. The lowest BCUT2D eigenvalue weighted by molar-refractivity contribution is 0.0380. The third-order valence-electron chi connectivity index (χ3n) is 4.78. The molecule has 134 valence electrons. The van der Waals surface area contributed by atoms with Crippen LogP contribution in [0.4, 0.5) is 0 Å². The highest BCUT2D eigenvalue weighted by Gasteiger charge is 2.23. The number of piperazine rings is 1. The maximum Gasteiger partial charge on any atom is 0.119 e. The lowest BCUT2D eigenvalue weighted by Gasteiger charge is -2.38. The van der Waals surface area contributed by atoms with E-state index in [1.54, 1.807) is 0 Å². The SMILES string of the molecule is CC(c1cccnc1)N1CCN(CC(O)COc2ccccc2)CC1. The molecule has 1 aromatic carbocycles. The van der Waals surface area contributed by atoms with Crippen molar-refractivity contribution in [2.24, 2.45) is 0 Å². The molecule has 1 aliphatic heterocycles. The predicted molar refractivity (Wildman–Crippen MR) is 98.6 cm³/mol. The molecule has 0 saturated carbocycles. The van der Waals surface area contributed by atoms with Gasteiger partial charge in [-0.3, -0.25) is 14.8 Å². The Morgan fingerprint density at radius 3 is 2.52 bits per heavy atom. The Bertz CT molecular complexity index is 615. The van der Waals surface area contributed by atoms with Crippen LogP contribution < -0.4 is 4.74 Å². The summed E-state index contributed by atoms with van der Waals surface area (Å²) in [6.07, 6.45) is 3.29. The van der Waals surface area contributed by atoms with Gasteiger partial charge in [-0.1, -0.05) is 24.3 Å². The van der Waals surface area contributed by atoms with Crippen LogP contribution in [-0.4, -0.2) is 65.3 Å². The summed E-state index contributed by atoms with van der Waals surface area (Å²) in [5.74, 6) is 0.802. The highest BCUT2D eigenvalue weighted by atomic mass is 16.5. The van der Waals surface area contributed by atoms with Crippen LogP contribution in [0.3, 0.4) is 0 Å². The number of rotatable bonds is 7. The van der Waals surface area contributed by atoms with Gasteiger partial charge in [-0.05, 0) is 30.7 Å². The molecule has 1 aliphatic rings. The number of nitrogens with zero attached hydrogens (tertiary/aromatic N) is 3. The largest absolute Gasteiger partial charge is 0.491 e. The number of hydrogen-bond acceptors (Lipinski definition) is 5. The molecule has 2 aromatic rings. The third-order valence-corrected chi connectivity index (χ3v) is 4.78. The van der Waals surface area contributed by atoms with E-state index in [1.165, 1.54) is 5.56 Å². The molecular formula is C20H27N3O2. The minimum Gasteiger partial charge on any atom is -0.491 e. The quantitative estimate of drug-likeness (QED) is 0.837. The zero-order valence-electron chi connectivity index (χ0n) is 14.8. The van der Waals surface area contributed by atoms with Crippen LogP contribution in [0.5, 0.6) is 5.75 Å². The van der Waals surface area contributed by atoms with Crippen molar-refractivity contribution in [2.45, 2.75) is 19.1 Å². The van der Waals surface area contributed by atoms with E-state index < -0.39 is 6.10 Å². The number of aromatic nitrogens is 1. The smallest absolute Gasteiger partial charge is 0.119 e. The number of hydrogen-bond donors (Lipinski definition) is 1. The van der Waals surface area contributed by atoms with E-state index in [9.17, 15) is 5.11 Å². The summed E-state index contributed by atoms with van der Waals surface area (Å²) in [6, 6.07) is 14.1. The third kappa shape index (κ3) is 5.26. The molecule has 1 saturated heterocycles. The summed E-state index contributed by atoms with van der Waals surface area (Å²) in [4.78, 5) is 9.00. The van der Waals surface area contributed by atoms with Crippen molar-refractivity contribution in [3.8, 4) is 5.75 Å².